The number of nitrogen functional groups attached to an aromatic ring is 1. The van der Waals surface area contributed by atoms with E-state index >= 15 is 0 Å². The molecule has 0 saturated carbocycles. The predicted molar refractivity (Wildman–Crippen MR) is 79.0 cm³/mol. The molecule has 1 fully saturated rings. The van der Waals surface area contributed by atoms with Crippen LogP contribution in [0.5, 0.6) is 0 Å². The van der Waals surface area contributed by atoms with Gasteiger partial charge in [0.2, 0.25) is 11.8 Å². The van der Waals surface area contributed by atoms with E-state index in [0.717, 1.165) is 6.42 Å². The second kappa shape index (κ2) is 6.56. The number of benzene rings is 1. The number of likely N-dealkylation sites (tertiary alicyclic amines) is 1. The Morgan fingerprint density at radius 2 is 2.29 bits per heavy atom. The van der Waals surface area contributed by atoms with E-state index in [1.165, 1.54) is 18.2 Å². The van der Waals surface area contributed by atoms with Gasteiger partial charge in [0, 0.05) is 31.6 Å². The lowest BCUT2D eigenvalue weighted by molar-refractivity contribution is -0.128. The third-order valence-electron chi connectivity index (χ3n) is 3.75. The number of nitrogens with one attached hydrogen (secondary N) is 1. The Balaban J connectivity index is 1.85. The van der Waals surface area contributed by atoms with Gasteiger partial charge in [0.05, 0.1) is 5.69 Å². The molecule has 21 heavy (non-hydrogen) atoms. The molecule has 1 aliphatic heterocycles. The van der Waals surface area contributed by atoms with E-state index in [2.05, 4.69) is 12.2 Å². The van der Waals surface area contributed by atoms with Gasteiger partial charge in [-0.25, -0.2) is 4.39 Å². The van der Waals surface area contributed by atoms with Crippen LogP contribution < -0.4 is 11.1 Å². The van der Waals surface area contributed by atoms with Crippen LogP contribution in [-0.2, 0) is 9.59 Å². The van der Waals surface area contributed by atoms with Crippen molar-refractivity contribution < 1.29 is 14.0 Å². The SMILES string of the molecule is CCC1CC(=O)N(CCC(=O)Nc2cc(N)ccc2F)C1. The summed E-state index contributed by atoms with van der Waals surface area (Å²) in [5.74, 6) is -0.384. The number of nitrogens with two attached hydrogens (primary N) is 1. The van der Waals surface area contributed by atoms with Crippen molar-refractivity contribution in [3.63, 3.8) is 0 Å². The maximum absolute atomic E-state index is 13.5. The summed E-state index contributed by atoms with van der Waals surface area (Å²) in [5.41, 5.74) is 6.00. The molecule has 1 heterocycles. The first-order valence-electron chi connectivity index (χ1n) is 7.12. The number of rotatable bonds is 5. The number of nitrogens with zero attached hydrogens (tertiary/aromatic N) is 1. The first-order valence-corrected chi connectivity index (χ1v) is 7.12. The molecule has 0 aromatic heterocycles. The quantitative estimate of drug-likeness (QED) is 0.815. The van der Waals surface area contributed by atoms with Crippen LogP contribution in [0.4, 0.5) is 15.8 Å². The van der Waals surface area contributed by atoms with E-state index in [9.17, 15) is 14.0 Å². The lowest BCUT2D eigenvalue weighted by atomic mass is 10.1. The zero-order valence-electron chi connectivity index (χ0n) is 12.1. The number of hydrogen-bond acceptors (Lipinski definition) is 3. The van der Waals surface area contributed by atoms with Gasteiger partial charge >= 0.3 is 0 Å². The van der Waals surface area contributed by atoms with Crippen LogP contribution in [0.2, 0.25) is 0 Å². The number of carbonyl (C=O) groups excluding carboxylic acids is 2. The number of hydrogen-bond donors (Lipinski definition) is 2. The van der Waals surface area contributed by atoms with Crippen LogP contribution in [-0.4, -0.2) is 29.8 Å². The molecule has 1 saturated heterocycles. The predicted octanol–water partition coefficient (Wildman–Crippen LogP) is 1.99. The van der Waals surface area contributed by atoms with Crippen molar-refractivity contribution in [1.29, 1.82) is 0 Å². The molecule has 0 spiro atoms. The second-order valence-electron chi connectivity index (χ2n) is 5.36. The van der Waals surface area contributed by atoms with Crippen molar-refractivity contribution in [3.05, 3.63) is 24.0 Å². The van der Waals surface area contributed by atoms with E-state index in [1.807, 2.05) is 0 Å². The molecule has 0 aliphatic carbocycles. The van der Waals surface area contributed by atoms with Crippen LogP contribution in [0.15, 0.2) is 18.2 Å². The molecule has 2 rings (SSSR count). The minimum Gasteiger partial charge on any atom is -0.399 e. The van der Waals surface area contributed by atoms with Crippen LogP contribution in [0.1, 0.15) is 26.2 Å². The van der Waals surface area contributed by atoms with Gasteiger partial charge in [-0.15, -0.1) is 0 Å². The molecule has 0 radical (unpaired) electrons. The molecule has 6 heteroatoms. The Bertz CT molecular complexity index is 548. The van der Waals surface area contributed by atoms with Gasteiger partial charge in [-0.2, -0.15) is 0 Å². The first-order chi connectivity index (χ1) is 9.99. The fourth-order valence-corrected chi connectivity index (χ4v) is 2.43. The minimum atomic E-state index is -0.527. The van der Waals surface area contributed by atoms with Crippen LogP contribution in [0.25, 0.3) is 0 Å². The molecule has 1 unspecified atom stereocenters. The molecule has 0 bridgehead atoms. The maximum atomic E-state index is 13.5. The molecule has 1 atom stereocenters. The molecule has 2 amide bonds. The third-order valence-corrected chi connectivity index (χ3v) is 3.75. The summed E-state index contributed by atoms with van der Waals surface area (Å²) in [6.45, 7) is 3.12. The molecule has 1 aromatic carbocycles. The monoisotopic (exact) mass is 293 g/mol. The van der Waals surface area contributed by atoms with Gasteiger partial charge in [0.1, 0.15) is 5.82 Å². The third kappa shape index (κ3) is 3.93. The number of carbonyl (C=O) groups is 2. The van der Waals surface area contributed by atoms with Crippen molar-refractivity contribution in [1.82, 2.24) is 4.90 Å². The van der Waals surface area contributed by atoms with Crippen LogP contribution in [0, 0.1) is 11.7 Å². The van der Waals surface area contributed by atoms with E-state index in [0.29, 0.717) is 31.1 Å². The summed E-state index contributed by atoms with van der Waals surface area (Å²) >= 11 is 0. The Kier molecular flexibility index (Phi) is 4.77. The normalized spacial score (nSPS) is 18.1. The summed E-state index contributed by atoms with van der Waals surface area (Å²) in [6, 6.07) is 4.01. The lowest BCUT2D eigenvalue weighted by Gasteiger charge is -2.16. The number of anilines is 2. The fraction of sp³-hybridized carbons (Fsp3) is 0.467. The number of halogens is 1. The topological polar surface area (TPSA) is 75.4 Å². The summed E-state index contributed by atoms with van der Waals surface area (Å²) in [6.07, 6.45) is 1.67. The van der Waals surface area contributed by atoms with Gasteiger partial charge in [-0.05, 0) is 24.1 Å². The van der Waals surface area contributed by atoms with Crippen molar-refractivity contribution >= 4 is 23.2 Å². The highest BCUT2D eigenvalue weighted by atomic mass is 19.1. The Morgan fingerprint density at radius 3 is 2.95 bits per heavy atom. The standard InChI is InChI=1S/C15H20FN3O2/c1-2-10-7-15(21)19(9-10)6-5-14(20)18-13-8-11(17)3-4-12(13)16/h3-4,8,10H,2,5-7,9,17H2,1H3,(H,18,20). The van der Waals surface area contributed by atoms with Crippen molar-refractivity contribution in [2.75, 3.05) is 24.1 Å². The summed E-state index contributed by atoms with van der Waals surface area (Å²) in [5, 5.41) is 2.48. The van der Waals surface area contributed by atoms with Crippen molar-refractivity contribution in [2.45, 2.75) is 26.2 Å². The zero-order valence-corrected chi connectivity index (χ0v) is 12.1. The number of amides is 2. The highest BCUT2D eigenvalue weighted by molar-refractivity contribution is 5.91. The molecule has 1 aliphatic rings. The Hall–Kier alpha value is -2.11. The summed E-state index contributed by atoms with van der Waals surface area (Å²) in [7, 11) is 0. The largest absolute Gasteiger partial charge is 0.399 e. The van der Waals surface area contributed by atoms with Gasteiger partial charge in [-0.3, -0.25) is 9.59 Å². The Labute approximate surface area is 123 Å². The Morgan fingerprint density at radius 1 is 1.52 bits per heavy atom. The average molecular weight is 293 g/mol. The van der Waals surface area contributed by atoms with Gasteiger partial charge in [0.25, 0.3) is 0 Å². The fourth-order valence-electron chi connectivity index (χ4n) is 2.43. The highest BCUT2D eigenvalue weighted by Gasteiger charge is 2.28. The summed E-state index contributed by atoms with van der Waals surface area (Å²) in [4.78, 5) is 25.3. The van der Waals surface area contributed by atoms with Gasteiger partial charge < -0.3 is 16.0 Å². The van der Waals surface area contributed by atoms with E-state index < -0.39 is 5.82 Å². The van der Waals surface area contributed by atoms with Crippen molar-refractivity contribution in [2.24, 2.45) is 5.92 Å². The molecule has 3 N–H and O–H groups in total. The van der Waals surface area contributed by atoms with Crippen LogP contribution in [0.3, 0.4) is 0 Å². The van der Waals surface area contributed by atoms with E-state index in [1.54, 1.807) is 4.90 Å². The first kappa shape index (κ1) is 15.3. The van der Waals surface area contributed by atoms with Gasteiger partial charge in [0.15, 0.2) is 0 Å². The smallest absolute Gasteiger partial charge is 0.226 e. The maximum Gasteiger partial charge on any atom is 0.226 e. The average Bonchev–Trinajstić information content (AvgIpc) is 2.81. The molecule has 5 nitrogen and oxygen atoms in total. The summed E-state index contributed by atoms with van der Waals surface area (Å²) < 4.78 is 13.5. The molecular formula is C15H20FN3O2. The van der Waals surface area contributed by atoms with Crippen LogP contribution >= 0.6 is 0 Å². The highest BCUT2D eigenvalue weighted by Crippen LogP contribution is 2.21. The lowest BCUT2D eigenvalue weighted by Crippen LogP contribution is -2.29. The van der Waals surface area contributed by atoms with E-state index in [-0.39, 0.29) is 23.9 Å². The van der Waals surface area contributed by atoms with Crippen molar-refractivity contribution in [3.8, 4) is 0 Å². The molecule has 1 aromatic rings. The molecular weight excluding hydrogens is 273 g/mol. The van der Waals surface area contributed by atoms with E-state index in [4.69, 9.17) is 5.73 Å². The second-order valence-corrected chi connectivity index (χ2v) is 5.36. The zero-order chi connectivity index (χ0) is 15.4. The molecule has 114 valence electrons. The van der Waals surface area contributed by atoms with Gasteiger partial charge in [-0.1, -0.05) is 13.3 Å². The minimum absolute atomic E-state index is 0.0687.